The number of carbonyl (C=O) groups is 1. The molecule has 17 heavy (non-hydrogen) atoms. The van der Waals surface area contributed by atoms with Crippen LogP contribution >= 0.6 is 11.8 Å². The third kappa shape index (κ3) is 3.52. The molecule has 0 bridgehead atoms. The first-order valence-corrected chi connectivity index (χ1v) is 7.81. The summed E-state index contributed by atoms with van der Waals surface area (Å²) in [6, 6.07) is 0.865. The molecule has 0 saturated carbocycles. The van der Waals surface area contributed by atoms with Crippen LogP contribution in [0.1, 0.15) is 19.8 Å². The summed E-state index contributed by atoms with van der Waals surface area (Å²) in [7, 11) is 0. The SMILES string of the molecule is CCNC(=O)N1CCCN(C2CCSC2)CC1. The van der Waals surface area contributed by atoms with Crippen LogP contribution < -0.4 is 5.32 Å². The zero-order valence-corrected chi connectivity index (χ0v) is 11.5. The summed E-state index contributed by atoms with van der Waals surface area (Å²) < 4.78 is 0. The van der Waals surface area contributed by atoms with Crippen molar-refractivity contribution < 1.29 is 4.79 Å². The summed E-state index contributed by atoms with van der Waals surface area (Å²) >= 11 is 2.06. The summed E-state index contributed by atoms with van der Waals surface area (Å²) in [5.41, 5.74) is 0. The van der Waals surface area contributed by atoms with Crippen molar-refractivity contribution in [1.82, 2.24) is 15.1 Å². The van der Waals surface area contributed by atoms with E-state index in [4.69, 9.17) is 0 Å². The van der Waals surface area contributed by atoms with E-state index in [2.05, 4.69) is 22.0 Å². The number of hydrogen-bond donors (Lipinski definition) is 1. The Labute approximate surface area is 108 Å². The van der Waals surface area contributed by atoms with Gasteiger partial charge in [0.25, 0.3) is 0 Å². The molecule has 2 aliphatic heterocycles. The van der Waals surface area contributed by atoms with Crippen molar-refractivity contribution in [2.75, 3.05) is 44.2 Å². The van der Waals surface area contributed by atoms with Gasteiger partial charge in [-0.15, -0.1) is 0 Å². The molecule has 2 fully saturated rings. The molecule has 0 aromatic rings. The van der Waals surface area contributed by atoms with Crippen LogP contribution in [-0.2, 0) is 0 Å². The van der Waals surface area contributed by atoms with E-state index in [1.807, 2.05) is 11.8 Å². The molecular formula is C12H23N3OS. The van der Waals surface area contributed by atoms with Crippen LogP contribution in [0.5, 0.6) is 0 Å². The van der Waals surface area contributed by atoms with Gasteiger partial charge in [-0.1, -0.05) is 0 Å². The minimum absolute atomic E-state index is 0.107. The van der Waals surface area contributed by atoms with Gasteiger partial charge in [-0.2, -0.15) is 11.8 Å². The smallest absolute Gasteiger partial charge is 0.317 e. The minimum atomic E-state index is 0.107. The lowest BCUT2D eigenvalue weighted by molar-refractivity contribution is 0.192. The topological polar surface area (TPSA) is 35.6 Å². The first-order valence-electron chi connectivity index (χ1n) is 6.66. The Balaban J connectivity index is 1.82. The fraction of sp³-hybridized carbons (Fsp3) is 0.917. The summed E-state index contributed by atoms with van der Waals surface area (Å²) in [6.45, 7) is 6.68. The number of rotatable bonds is 2. The second-order valence-corrected chi connectivity index (χ2v) is 5.88. The van der Waals surface area contributed by atoms with E-state index in [1.54, 1.807) is 0 Å². The Bertz CT molecular complexity index is 256. The normalized spacial score (nSPS) is 26.9. The van der Waals surface area contributed by atoms with E-state index in [9.17, 15) is 4.79 Å². The van der Waals surface area contributed by atoms with Crippen molar-refractivity contribution >= 4 is 17.8 Å². The molecule has 2 aliphatic rings. The van der Waals surface area contributed by atoms with E-state index < -0.39 is 0 Å². The molecule has 4 nitrogen and oxygen atoms in total. The predicted octanol–water partition coefficient (Wildman–Crippen LogP) is 1.23. The van der Waals surface area contributed by atoms with Gasteiger partial charge < -0.3 is 10.2 Å². The number of thioether (sulfide) groups is 1. The van der Waals surface area contributed by atoms with Gasteiger partial charge in [0.05, 0.1) is 0 Å². The number of amides is 2. The van der Waals surface area contributed by atoms with Gasteiger partial charge in [-0.25, -0.2) is 4.79 Å². The molecule has 0 spiro atoms. The first-order chi connectivity index (χ1) is 8.31. The lowest BCUT2D eigenvalue weighted by atomic mass is 10.2. The highest BCUT2D eigenvalue weighted by Gasteiger charge is 2.26. The summed E-state index contributed by atoms with van der Waals surface area (Å²) in [4.78, 5) is 16.3. The third-order valence-electron chi connectivity index (χ3n) is 3.57. The number of nitrogens with one attached hydrogen (secondary N) is 1. The zero-order chi connectivity index (χ0) is 12.1. The van der Waals surface area contributed by atoms with Crippen molar-refractivity contribution in [3.05, 3.63) is 0 Å². The summed E-state index contributed by atoms with van der Waals surface area (Å²) in [6.07, 6.45) is 2.43. The van der Waals surface area contributed by atoms with Crippen LogP contribution in [0.2, 0.25) is 0 Å². The van der Waals surface area contributed by atoms with Crippen LogP contribution in [0, 0.1) is 0 Å². The molecule has 98 valence electrons. The molecule has 2 rings (SSSR count). The first kappa shape index (κ1) is 13.0. The Kier molecular flexibility index (Phi) is 4.98. The molecule has 2 saturated heterocycles. The maximum Gasteiger partial charge on any atom is 0.317 e. The van der Waals surface area contributed by atoms with Gasteiger partial charge >= 0.3 is 6.03 Å². The largest absolute Gasteiger partial charge is 0.338 e. The van der Waals surface area contributed by atoms with E-state index in [0.29, 0.717) is 0 Å². The Morgan fingerprint density at radius 3 is 2.94 bits per heavy atom. The number of hydrogen-bond acceptors (Lipinski definition) is 3. The van der Waals surface area contributed by atoms with Crippen LogP contribution in [-0.4, -0.2) is 66.1 Å². The van der Waals surface area contributed by atoms with Gasteiger partial charge in [0.1, 0.15) is 0 Å². The highest BCUT2D eigenvalue weighted by molar-refractivity contribution is 7.99. The number of carbonyl (C=O) groups excluding carboxylic acids is 1. The quantitative estimate of drug-likeness (QED) is 0.808. The van der Waals surface area contributed by atoms with Gasteiger partial charge in [0.2, 0.25) is 0 Å². The molecule has 0 radical (unpaired) electrons. The van der Waals surface area contributed by atoms with E-state index in [1.165, 1.54) is 17.9 Å². The van der Waals surface area contributed by atoms with Crippen LogP contribution in [0.4, 0.5) is 4.79 Å². The van der Waals surface area contributed by atoms with Crippen molar-refractivity contribution in [2.45, 2.75) is 25.8 Å². The molecule has 0 aromatic heterocycles. The second kappa shape index (κ2) is 6.50. The minimum Gasteiger partial charge on any atom is -0.338 e. The van der Waals surface area contributed by atoms with Crippen molar-refractivity contribution in [2.24, 2.45) is 0 Å². The number of urea groups is 1. The lowest BCUT2D eigenvalue weighted by Crippen LogP contribution is -2.43. The van der Waals surface area contributed by atoms with Gasteiger partial charge in [-0.3, -0.25) is 4.90 Å². The molecule has 1 atom stereocenters. The van der Waals surface area contributed by atoms with Crippen molar-refractivity contribution in [3.63, 3.8) is 0 Å². The zero-order valence-electron chi connectivity index (χ0n) is 10.7. The van der Waals surface area contributed by atoms with Crippen LogP contribution in [0.15, 0.2) is 0 Å². The van der Waals surface area contributed by atoms with E-state index in [0.717, 1.165) is 45.2 Å². The van der Waals surface area contributed by atoms with Gasteiger partial charge in [0.15, 0.2) is 0 Å². The molecule has 2 amide bonds. The summed E-state index contributed by atoms with van der Waals surface area (Å²) in [5.74, 6) is 2.59. The molecule has 1 N–H and O–H groups in total. The van der Waals surface area contributed by atoms with Crippen molar-refractivity contribution in [1.29, 1.82) is 0 Å². The van der Waals surface area contributed by atoms with Crippen molar-refractivity contribution in [3.8, 4) is 0 Å². The van der Waals surface area contributed by atoms with Crippen LogP contribution in [0.3, 0.4) is 0 Å². The molecule has 0 aromatic carbocycles. The molecular weight excluding hydrogens is 234 g/mol. The molecule has 5 heteroatoms. The third-order valence-corrected chi connectivity index (χ3v) is 4.71. The standard InChI is InChI=1S/C12H23N3OS/c1-2-13-12(16)15-6-3-5-14(7-8-15)11-4-9-17-10-11/h11H,2-10H2,1H3,(H,13,16). The molecule has 2 heterocycles. The maximum absolute atomic E-state index is 11.8. The molecule has 1 unspecified atom stereocenters. The summed E-state index contributed by atoms with van der Waals surface area (Å²) in [5, 5.41) is 2.89. The fourth-order valence-electron chi connectivity index (χ4n) is 2.58. The maximum atomic E-state index is 11.8. The fourth-order valence-corrected chi connectivity index (χ4v) is 3.83. The average Bonchev–Trinajstić information content (AvgIpc) is 2.74. The van der Waals surface area contributed by atoms with Gasteiger partial charge in [0, 0.05) is 44.5 Å². The highest BCUT2D eigenvalue weighted by atomic mass is 32.2. The lowest BCUT2D eigenvalue weighted by Gasteiger charge is -2.26. The Morgan fingerprint density at radius 1 is 1.35 bits per heavy atom. The second-order valence-electron chi connectivity index (χ2n) is 4.73. The number of nitrogens with zero attached hydrogens (tertiary/aromatic N) is 2. The highest BCUT2D eigenvalue weighted by Crippen LogP contribution is 2.23. The van der Waals surface area contributed by atoms with E-state index >= 15 is 0 Å². The molecule has 0 aliphatic carbocycles. The van der Waals surface area contributed by atoms with Gasteiger partial charge in [-0.05, 0) is 25.5 Å². The van der Waals surface area contributed by atoms with E-state index in [-0.39, 0.29) is 6.03 Å². The Morgan fingerprint density at radius 2 is 2.24 bits per heavy atom. The predicted molar refractivity (Wildman–Crippen MR) is 72.6 cm³/mol. The average molecular weight is 257 g/mol. The monoisotopic (exact) mass is 257 g/mol. The van der Waals surface area contributed by atoms with Crippen LogP contribution in [0.25, 0.3) is 0 Å². The Hall–Kier alpha value is -0.420.